The molecule has 9 N–H and O–H groups in total. The summed E-state index contributed by atoms with van der Waals surface area (Å²) in [6.07, 6.45) is 0. The average molecular weight is 563 g/mol. The molecule has 0 amide bonds. The summed E-state index contributed by atoms with van der Waals surface area (Å²) in [6.45, 7) is 0. The zero-order chi connectivity index (χ0) is 29.2. The van der Waals surface area contributed by atoms with Crippen LogP contribution in [0.15, 0.2) is 109 Å². The molecule has 6 aromatic carbocycles. The van der Waals surface area contributed by atoms with Gasteiger partial charge in [0.1, 0.15) is 34.5 Å². The Labute approximate surface area is 230 Å². The SMILES string of the molecule is OP(O)O.Oc1ccc(O)c2ccccc12.Oc1ccc(O)c2ccccc12.Oc1ccc(O)c2ccccc12. The topological polar surface area (TPSA) is 182 Å². The van der Waals surface area contributed by atoms with E-state index in [-0.39, 0.29) is 34.5 Å². The van der Waals surface area contributed by atoms with Crippen molar-refractivity contribution in [2.45, 2.75) is 0 Å². The Morgan fingerprint density at radius 2 is 0.400 bits per heavy atom. The normalized spacial score (nSPS) is 10.2. The van der Waals surface area contributed by atoms with Crippen molar-refractivity contribution in [1.29, 1.82) is 0 Å². The highest BCUT2D eigenvalue weighted by Crippen LogP contribution is 2.32. The number of rotatable bonds is 0. The van der Waals surface area contributed by atoms with Crippen LogP contribution in [0, 0.1) is 0 Å². The lowest BCUT2D eigenvalue weighted by Crippen LogP contribution is -1.73. The van der Waals surface area contributed by atoms with Crippen LogP contribution in [0.2, 0.25) is 0 Å². The lowest BCUT2D eigenvalue weighted by molar-refractivity contribution is 0.368. The number of fused-ring (bicyclic) bond motifs is 3. The zero-order valence-corrected chi connectivity index (χ0v) is 21.8. The molecule has 0 bridgehead atoms. The Balaban J connectivity index is 0.000000155. The van der Waals surface area contributed by atoms with Crippen LogP contribution in [0.1, 0.15) is 0 Å². The molecule has 0 unspecified atom stereocenters. The van der Waals surface area contributed by atoms with Gasteiger partial charge in [-0.15, -0.1) is 0 Å². The first-order chi connectivity index (χ1) is 19.1. The van der Waals surface area contributed by atoms with Crippen LogP contribution < -0.4 is 0 Å². The highest BCUT2D eigenvalue weighted by atomic mass is 31.2. The van der Waals surface area contributed by atoms with Crippen LogP contribution in [0.25, 0.3) is 32.3 Å². The van der Waals surface area contributed by atoms with Gasteiger partial charge in [0.2, 0.25) is 0 Å². The second-order valence-corrected chi connectivity index (χ2v) is 8.75. The Kier molecular flexibility index (Phi) is 10.3. The standard InChI is InChI=1S/3C10H8O2.H3O3P/c3*11-9-5-6-10(12)8-4-2-1-3-7(8)9;1-4(2)3/h3*1-6,11-12H;1-3H. The quantitative estimate of drug-likeness (QED) is 0.0799. The van der Waals surface area contributed by atoms with E-state index >= 15 is 0 Å². The number of aromatic hydroxyl groups is 6. The predicted molar refractivity (Wildman–Crippen MR) is 155 cm³/mol. The molecule has 0 aliphatic heterocycles. The van der Waals surface area contributed by atoms with Gasteiger partial charge in [-0.1, -0.05) is 72.8 Å². The molecule has 0 aromatic heterocycles. The Bertz CT molecular complexity index is 1400. The highest BCUT2D eigenvalue weighted by molar-refractivity contribution is 7.38. The van der Waals surface area contributed by atoms with E-state index in [0.29, 0.717) is 32.3 Å². The first kappa shape index (κ1) is 29.8. The van der Waals surface area contributed by atoms with Gasteiger partial charge >= 0.3 is 8.60 Å². The average Bonchev–Trinajstić information content (AvgIpc) is 2.96. The Hall–Kier alpha value is -4.79. The molecule has 6 rings (SSSR count). The van der Waals surface area contributed by atoms with Gasteiger partial charge in [-0.3, -0.25) is 0 Å². The lowest BCUT2D eigenvalue weighted by Gasteiger charge is -2.01. The zero-order valence-electron chi connectivity index (χ0n) is 20.9. The van der Waals surface area contributed by atoms with E-state index in [2.05, 4.69) is 0 Å². The minimum Gasteiger partial charge on any atom is -0.507 e. The smallest absolute Gasteiger partial charge is 0.324 e. The number of benzene rings is 6. The fourth-order valence-electron chi connectivity index (χ4n) is 3.80. The molecule has 0 saturated carbocycles. The van der Waals surface area contributed by atoms with Crippen molar-refractivity contribution in [3.05, 3.63) is 109 Å². The van der Waals surface area contributed by atoms with Gasteiger partial charge in [0.25, 0.3) is 0 Å². The molecule has 0 fully saturated rings. The van der Waals surface area contributed by atoms with Crippen LogP contribution in [0.5, 0.6) is 34.5 Å². The number of phenols is 6. The molecular formula is C30H27O9P. The fraction of sp³-hybridized carbons (Fsp3) is 0. The molecular weight excluding hydrogens is 535 g/mol. The van der Waals surface area contributed by atoms with Gasteiger partial charge in [0.15, 0.2) is 0 Å². The van der Waals surface area contributed by atoms with Crippen molar-refractivity contribution >= 4 is 40.9 Å². The summed E-state index contributed by atoms with van der Waals surface area (Å²) in [5, 5.41) is 60.4. The van der Waals surface area contributed by atoms with Gasteiger partial charge in [-0.05, 0) is 36.4 Å². The van der Waals surface area contributed by atoms with E-state index < -0.39 is 8.60 Å². The van der Waals surface area contributed by atoms with Crippen molar-refractivity contribution < 1.29 is 45.3 Å². The summed E-state index contributed by atoms with van der Waals surface area (Å²) in [7, 11) is -2.62. The fourth-order valence-corrected chi connectivity index (χ4v) is 3.80. The number of hydrogen-bond acceptors (Lipinski definition) is 9. The Morgan fingerprint density at radius 1 is 0.275 bits per heavy atom. The molecule has 6 aromatic rings. The van der Waals surface area contributed by atoms with Gasteiger partial charge in [0.05, 0.1) is 0 Å². The molecule has 10 heteroatoms. The van der Waals surface area contributed by atoms with E-state index in [1.165, 1.54) is 36.4 Å². The van der Waals surface area contributed by atoms with E-state index in [9.17, 15) is 30.6 Å². The summed E-state index contributed by atoms with van der Waals surface area (Å²) in [6, 6.07) is 30.4. The van der Waals surface area contributed by atoms with E-state index in [1.54, 1.807) is 36.4 Å². The molecule has 0 heterocycles. The number of hydrogen-bond donors (Lipinski definition) is 9. The largest absolute Gasteiger partial charge is 0.507 e. The molecule has 206 valence electrons. The van der Waals surface area contributed by atoms with Crippen molar-refractivity contribution in [3.8, 4) is 34.5 Å². The second-order valence-electron chi connectivity index (χ2n) is 8.22. The van der Waals surface area contributed by atoms with Crippen molar-refractivity contribution in [1.82, 2.24) is 0 Å². The van der Waals surface area contributed by atoms with Crippen LogP contribution >= 0.6 is 8.60 Å². The monoisotopic (exact) mass is 562 g/mol. The van der Waals surface area contributed by atoms with Crippen LogP contribution in [0.3, 0.4) is 0 Å². The molecule has 9 nitrogen and oxygen atoms in total. The van der Waals surface area contributed by atoms with Crippen LogP contribution in [-0.4, -0.2) is 45.3 Å². The molecule has 0 atom stereocenters. The van der Waals surface area contributed by atoms with E-state index in [0.717, 1.165) is 0 Å². The van der Waals surface area contributed by atoms with Gasteiger partial charge in [-0.2, -0.15) is 0 Å². The maximum absolute atomic E-state index is 9.38. The predicted octanol–water partition coefficient (Wildman–Crippen LogP) is 5.94. The first-order valence-electron chi connectivity index (χ1n) is 11.7. The minimum atomic E-state index is -2.62. The molecule has 0 aliphatic carbocycles. The molecule has 0 saturated heterocycles. The maximum Gasteiger partial charge on any atom is 0.324 e. The third-order valence-corrected chi connectivity index (χ3v) is 5.63. The van der Waals surface area contributed by atoms with Gasteiger partial charge in [0, 0.05) is 32.3 Å². The van der Waals surface area contributed by atoms with Crippen molar-refractivity contribution in [2.24, 2.45) is 0 Å². The summed E-state index contributed by atoms with van der Waals surface area (Å²) in [5.74, 6) is 1.19. The molecule has 40 heavy (non-hydrogen) atoms. The summed E-state index contributed by atoms with van der Waals surface area (Å²) in [5.41, 5.74) is 0. The van der Waals surface area contributed by atoms with Crippen LogP contribution in [-0.2, 0) is 0 Å². The molecule has 0 aliphatic rings. The third-order valence-electron chi connectivity index (χ3n) is 5.63. The van der Waals surface area contributed by atoms with E-state index in [1.807, 2.05) is 36.4 Å². The second kappa shape index (κ2) is 13.8. The van der Waals surface area contributed by atoms with E-state index in [4.69, 9.17) is 14.7 Å². The van der Waals surface area contributed by atoms with Crippen molar-refractivity contribution in [2.75, 3.05) is 0 Å². The summed E-state index contributed by atoms with van der Waals surface area (Å²) >= 11 is 0. The van der Waals surface area contributed by atoms with Gasteiger partial charge < -0.3 is 45.3 Å². The number of phenolic OH excluding ortho intramolecular Hbond substituents is 6. The lowest BCUT2D eigenvalue weighted by atomic mass is 10.1. The van der Waals surface area contributed by atoms with Crippen LogP contribution in [0.4, 0.5) is 0 Å². The van der Waals surface area contributed by atoms with Crippen molar-refractivity contribution in [3.63, 3.8) is 0 Å². The summed E-state index contributed by atoms with van der Waals surface area (Å²) < 4.78 is 0. The molecule has 0 spiro atoms. The first-order valence-corrected chi connectivity index (χ1v) is 12.9. The minimum absolute atomic E-state index is 0.198. The third kappa shape index (κ3) is 7.63. The summed E-state index contributed by atoms with van der Waals surface area (Å²) in [4.78, 5) is 21.7. The Morgan fingerprint density at radius 3 is 0.525 bits per heavy atom. The van der Waals surface area contributed by atoms with Gasteiger partial charge in [-0.25, -0.2) is 0 Å². The highest BCUT2D eigenvalue weighted by Gasteiger charge is 2.03. The molecule has 0 radical (unpaired) electrons. The maximum atomic E-state index is 9.38.